The number of hydrogen-bond donors (Lipinski definition) is 2. The van der Waals surface area contributed by atoms with Crippen molar-refractivity contribution in [3.63, 3.8) is 0 Å². The monoisotopic (exact) mass is 297 g/mol. The van der Waals surface area contributed by atoms with E-state index in [1.54, 1.807) is 13.0 Å². The van der Waals surface area contributed by atoms with Crippen molar-refractivity contribution in [1.82, 2.24) is 15.2 Å². The summed E-state index contributed by atoms with van der Waals surface area (Å²) in [4.78, 5) is 3.61. The Morgan fingerprint density at radius 3 is 2.79 bits per heavy atom. The molecule has 0 unspecified atom stereocenters. The maximum Gasteiger partial charge on any atom is 0.265 e. The van der Waals surface area contributed by atoms with Gasteiger partial charge in [0, 0.05) is 5.02 Å². The second-order valence-corrected chi connectivity index (χ2v) is 5.69. The SMILES string of the molecule is Cc1nc(NS(=O)(=O)c2cc(Cl)ccc2C#N)n[nH]1. The highest BCUT2D eigenvalue weighted by molar-refractivity contribution is 7.92. The van der Waals surface area contributed by atoms with E-state index in [0.717, 1.165) is 0 Å². The number of aromatic nitrogens is 3. The topological polar surface area (TPSA) is 112 Å². The fourth-order valence-corrected chi connectivity index (χ4v) is 2.74. The molecule has 0 aliphatic carbocycles. The van der Waals surface area contributed by atoms with Crippen molar-refractivity contribution < 1.29 is 8.42 Å². The fraction of sp³-hybridized carbons (Fsp3) is 0.100. The van der Waals surface area contributed by atoms with E-state index < -0.39 is 10.0 Å². The van der Waals surface area contributed by atoms with Crippen LogP contribution in [0.4, 0.5) is 5.95 Å². The van der Waals surface area contributed by atoms with Crippen molar-refractivity contribution in [3.8, 4) is 6.07 Å². The first-order chi connectivity index (χ1) is 8.92. The summed E-state index contributed by atoms with van der Waals surface area (Å²) < 4.78 is 26.4. The molecule has 0 bridgehead atoms. The summed E-state index contributed by atoms with van der Waals surface area (Å²) in [6, 6.07) is 5.76. The van der Waals surface area contributed by atoms with Crippen LogP contribution >= 0.6 is 11.6 Å². The van der Waals surface area contributed by atoms with Gasteiger partial charge in [0.25, 0.3) is 16.0 Å². The van der Waals surface area contributed by atoms with Gasteiger partial charge in [-0.3, -0.25) is 5.10 Å². The predicted molar refractivity (Wildman–Crippen MR) is 68.1 cm³/mol. The van der Waals surface area contributed by atoms with Gasteiger partial charge in [-0.2, -0.15) is 10.2 Å². The minimum absolute atomic E-state index is 0.0100. The Morgan fingerprint density at radius 1 is 1.47 bits per heavy atom. The molecule has 19 heavy (non-hydrogen) atoms. The largest absolute Gasteiger partial charge is 0.265 e. The lowest BCUT2D eigenvalue weighted by Gasteiger charge is -2.06. The molecular formula is C10H8ClN5O2S. The van der Waals surface area contributed by atoms with Gasteiger partial charge in [0.15, 0.2) is 0 Å². The average Bonchev–Trinajstić information content (AvgIpc) is 2.74. The molecule has 0 spiro atoms. The lowest BCUT2D eigenvalue weighted by atomic mass is 10.2. The molecule has 0 saturated carbocycles. The summed E-state index contributed by atoms with van der Waals surface area (Å²) in [5.74, 6) is 0.366. The maximum atomic E-state index is 12.1. The van der Waals surface area contributed by atoms with Crippen LogP contribution in [-0.2, 0) is 10.0 Å². The van der Waals surface area contributed by atoms with Crippen LogP contribution in [0.3, 0.4) is 0 Å². The molecule has 0 amide bonds. The van der Waals surface area contributed by atoms with Crippen molar-refractivity contribution in [2.45, 2.75) is 11.8 Å². The predicted octanol–water partition coefficient (Wildman–Crippen LogP) is 1.44. The highest BCUT2D eigenvalue weighted by Crippen LogP contribution is 2.21. The number of benzene rings is 1. The highest BCUT2D eigenvalue weighted by atomic mass is 35.5. The maximum absolute atomic E-state index is 12.1. The van der Waals surface area contributed by atoms with E-state index in [0.29, 0.717) is 5.82 Å². The summed E-state index contributed by atoms with van der Waals surface area (Å²) >= 11 is 5.75. The number of aryl methyl sites for hydroxylation is 1. The van der Waals surface area contributed by atoms with E-state index in [4.69, 9.17) is 16.9 Å². The molecule has 0 radical (unpaired) electrons. The number of hydrogen-bond acceptors (Lipinski definition) is 5. The molecule has 2 rings (SSSR count). The number of nitriles is 1. The van der Waals surface area contributed by atoms with Gasteiger partial charge in [-0.1, -0.05) is 11.6 Å². The summed E-state index contributed by atoms with van der Waals surface area (Å²) in [5.41, 5.74) is -0.0100. The Kier molecular flexibility index (Phi) is 3.42. The molecule has 0 atom stereocenters. The van der Waals surface area contributed by atoms with Crippen LogP contribution in [0.15, 0.2) is 23.1 Å². The second kappa shape index (κ2) is 4.87. The zero-order valence-electron chi connectivity index (χ0n) is 9.68. The highest BCUT2D eigenvalue weighted by Gasteiger charge is 2.21. The molecular weight excluding hydrogens is 290 g/mol. The first-order valence-electron chi connectivity index (χ1n) is 5.04. The van der Waals surface area contributed by atoms with Crippen LogP contribution < -0.4 is 4.72 Å². The number of rotatable bonds is 3. The molecule has 1 aromatic carbocycles. The quantitative estimate of drug-likeness (QED) is 0.890. The Labute approximate surface area is 114 Å². The van der Waals surface area contributed by atoms with Crippen molar-refractivity contribution >= 4 is 27.6 Å². The fourth-order valence-electron chi connectivity index (χ4n) is 1.37. The summed E-state index contributed by atoms with van der Waals surface area (Å²) in [7, 11) is -3.97. The molecule has 0 aliphatic rings. The van der Waals surface area contributed by atoms with E-state index in [9.17, 15) is 8.42 Å². The Hall–Kier alpha value is -2.11. The standard InChI is InChI=1S/C10H8ClN5O2S/c1-6-13-10(15-14-6)16-19(17,18)9-4-8(11)3-2-7(9)5-12/h2-4H,1H3,(H2,13,14,15,16). The number of halogens is 1. The van der Waals surface area contributed by atoms with Crippen molar-refractivity contribution in [2.24, 2.45) is 0 Å². The van der Waals surface area contributed by atoms with Crippen LogP contribution in [-0.4, -0.2) is 23.6 Å². The van der Waals surface area contributed by atoms with Crippen LogP contribution in [0.25, 0.3) is 0 Å². The minimum Gasteiger partial charge on any atom is -0.261 e. The third-order valence-corrected chi connectivity index (χ3v) is 3.78. The zero-order valence-corrected chi connectivity index (χ0v) is 11.2. The number of aromatic amines is 1. The van der Waals surface area contributed by atoms with Gasteiger partial charge in [0.05, 0.1) is 5.56 Å². The van der Waals surface area contributed by atoms with Crippen LogP contribution in [0.2, 0.25) is 5.02 Å². The van der Waals surface area contributed by atoms with Gasteiger partial charge in [-0.15, -0.1) is 5.10 Å². The Balaban J connectivity index is 2.45. The first-order valence-corrected chi connectivity index (χ1v) is 6.90. The number of sulfonamides is 1. The van der Waals surface area contributed by atoms with Crippen molar-refractivity contribution in [1.29, 1.82) is 5.26 Å². The lowest BCUT2D eigenvalue weighted by molar-refractivity contribution is 0.600. The number of nitrogens with zero attached hydrogens (tertiary/aromatic N) is 3. The van der Waals surface area contributed by atoms with E-state index in [1.807, 2.05) is 0 Å². The summed E-state index contributed by atoms with van der Waals surface area (Å²) in [6.45, 7) is 1.63. The van der Waals surface area contributed by atoms with E-state index >= 15 is 0 Å². The minimum atomic E-state index is -3.97. The Morgan fingerprint density at radius 2 is 2.21 bits per heavy atom. The molecule has 1 aromatic heterocycles. The molecule has 0 aliphatic heterocycles. The lowest BCUT2D eigenvalue weighted by Crippen LogP contribution is -2.15. The van der Waals surface area contributed by atoms with Gasteiger partial charge in [0.2, 0.25) is 0 Å². The third-order valence-electron chi connectivity index (χ3n) is 2.18. The zero-order chi connectivity index (χ0) is 14.0. The van der Waals surface area contributed by atoms with Gasteiger partial charge in [0.1, 0.15) is 16.8 Å². The van der Waals surface area contributed by atoms with Gasteiger partial charge in [-0.05, 0) is 25.1 Å². The number of H-pyrrole nitrogens is 1. The second-order valence-electron chi connectivity index (χ2n) is 3.60. The number of anilines is 1. The summed E-state index contributed by atoms with van der Waals surface area (Å²) in [6.07, 6.45) is 0. The molecule has 7 nitrogen and oxygen atoms in total. The van der Waals surface area contributed by atoms with Crippen LogP contribution in [0, 0.1) is 18.3 Å². The van der Waals surface area contributed by atoms with Gasteiger partial charge < -0.3 is 0 Å². The third kappa shape index (κ3) is 2.83. The van der Waals surface area contributed by atoms with Gasteiger partial charge in [-0.25, -0.2) is 13.1 Å². The van der Waals surface area contributed by atoms with E-state index in [2.05, 4.69) is 19.9 Å². The van der Waals surface area contributed by atoms with Crippen LogP contribution in [0.5, 0.6) is 0 Å². The molecule has 98 valence electrons. The molecule has 0 fully saturated rings. The van der Waals surface area contributed by atoms with Gasteiger partial charge >= 0.3 is 0 Å². The first kappa shape index (κ1) is 13.3. The van der Waals surface area contributed by atoms with Crippen molar-refractivity contribution in [3.05, 3.63) is 34.6 Å². The van der Waals surface area contributed by atoms with Crippen LogP contribution in [0.1, 0.15) is 11.4 Å². The van der Waals surface area contributed by atoms with E-state index in [-0.39, 0.29) is 21.4 Å². The molecule has 1 heterocycles. The normalized spacial score (nSPS) is 11.0. The number of nitrogens with one attached hydrogen (secondary N) is 2. The molecule has 9 heteroatoms. The smallest absolute Gasteiger partial charge is 0.261 e. The Bertz CT molecular complexity index is 762. The molecule has 2 aromatic rings. The summed E-state index contributed by atoms with van der Waals surface area (Å²) in [5, 5.41) is 15.3. The molecule has 0 saturated heterocycles. The average molecular weight is 298 g/mol. The van der Waals surface area contributed by atoms with Crippen molar-refractivity contribution in [2.75, 3.05) is 4.72 Å². The van der Waals surface area contributed by atoms with E-state index in [1.165, 1.54) is 18.2 Å². The molecule has 2 N–H and O–H groups in total.